The van der Waals surface area contributed by atoms with Crippen LogP contribution in [0.4, 0.5) is 0 Å². The Morgan fingerprint density at radius 2 is 0.864 bits per heavy atom. The summed E-state index contributed by atoms with van der Waals surface area (Å²) in [6.45, 7) is 6.36. The van der Waals surface area contributed by atoms with Gasteiger partial charge in [-0.05, 0) is 0 Å². The first-order valence-corrected chi connectivity index (χ1v) is 13.3. The van der Waals surface area contributed by atoms with E-state index in [1.165, 1.54) is 0 Å². The topological polar surface area (TPSA) is 243 Å². The van der Waals surface area contributed by atoms with Crippen LogP contribution in [-0.4, -0.2) is 126 Å². The van der Waals surface area contributed by atoms with Crippen molar-refractivity contribution in [2.24, 2.45) is 0 Å². The van der Waals surface area contributed by atoms with Crippen LogP contribution in [0.25, 0.3) is 0 Å². The molecule has 18 nitrogen and oxygen atoms in total. The molecule has 0 aromatic carbocycles. The van der Waals surface area contributed by atoms with Crippen molar-refractivity contribution in [3.05, 3.63) is 0 Å². The average Bonchev–Trinajstić information content (AvgIpc) is 2.87. The first-order chi connectivity index (χ1) is 20.4. The Kier molecular flexibility index (Phi) is 13.0. The molecule has 11 atom stereocenters. The minimum Gasteiger partial charge on any atom is -0.463 e. The van der Waals surface area contributed by atoms with Gasteiger partial charge in [0.1, 0.15) is 31.0 Å². The van der Waals surface area contributed by atoms with Crippen molar-refractivity contribution >= 4 is 41.8 Å². The predicted molar refractivity (Wildman–Crippen MR) is 136 cm³/mol. The van der Waals surface area contributed by atoms with Crippen LogP contribution >= 0.6 is 0 Å². The Hall–Kier alpha value is -3.87. The fourth-order valence-electron chi connectivity index (χ4n) is 4.82. The second-order valence-electron chi connectivity index (χ2n) is 9.87. The Labute approximate surface area is 251 Å². The molecule has 0 aromatic rings. The molecule has 44 heavy (non-hydrogen) atoms. The summed E-state index contributed by atoms with van der Waals surface area (Å²) in [5, 5.41) is 22.4. The van der Waals surface area contributed by atoms with Crippen LogP contribution < -0.4 is 0 Å². The number of ether oxygens (including phenoxy) is 9. The van der Waals surface area contributed by atoms with Gasteiger partial charge >= 0.3 is 41.8 Å². The lowest BCUT2D eigenvalue weighted by atomic mass is 9.86. The van der Waals surface area contributed by atoms with E-state index < -0.39 is 116 Å². The summed E-state index contributed by atoms with van der Waals surface area (Å²) in [5.41, 5.74) is 0. The summed E-state index contributed by atoms with van der Waals surface area (Å²) in [5.74, 6) is -6.46. The third-order valence-corrected chi connectivity index (χ3v) is 6.16. The number of hydrogen-bond donors (Lipinski definition) is 2. The number of esters is 7. The van der Waals surface area contributed by atoms with E-state index in [0.717, 1.165) is 48.5 Å². The zero-order valence-electron chi connectivity index (χ0n) is 25.0. The first-order valence-electron chi connectivity index (χ1n) is 13.3. The molecule has 0 saturated carbocycles. The van der Waals surface area contributed by atoms with Crippen LogP contribution in [0, 0.1) is 0 Å². The molecule has 2 aliphatic rings. The predicted octanol–water partition coefficient (Wildman–Crippen LogP) is -2.01. The molecule has 0 radical (unpaired) electrons. The van der Waals surface area contributed by atoms with Gasteiger partial charge in [0, 0.05) is 48.5 Å². The standard InChI is InChI=1S/C26H36O18/c1-9(27)36-8-16-18(37-10(2)28)21(38-11(3)29)22(39-12(4)30)19(43-16)17(34)20-23(40-13(5)31)24(41-14(6)32)25(26(35)44-20)42-15(7)33/h16-26,34-35H,8H2,1-7H3/t16-,17?,18-,19+,20-,21+,22+,23-,24+,25-,26+/m1/s1. The highest BCUT2D eigenvalue weighted by Crippen LogP contribution is 2.36. The normalized spacial score (nSPS) is 32.2. The Balaban J connectivity index is 2.68. The summed E-state index contributed by atoms with van der Waals surface area (Å²) >= 11 is 0. The highest BCUT2D eigenvalue weighted by molar-refractivity contribution is 5.69. The van der Waals surface area contributed by atoms with Crippen LogP contribution in [0.3, 0.4) is 0 Å². The molecule has 2 fully saturated rings. The molecule has 0 aliphatic carbocycles. The first kappa shape index (κ1) is 36.3. The molecule has 2 rings (SSSR count). The third kappa shape index (κ3) is 9.83. The average molecular weight is 637 g/mol. The van der Waals surface area contributed by atoms with Crippen molar-refractivity contribution in [2.45, 2.75) is 116 Å². The minimum absolute atomic E-state index is 0.618. The second-order valence-corrected chi connectivity index (χ2v) is 9.87. The Bertz CT molecular complexity index is 1100. The molecule has 1 unspecified atom stereocenters. The van der Waals surface area contributed by atoms with E-state index in [1.54, 1.807) is 0 Å². The fraction of sp³-hybridized carbons (Fsp3) is 0.731. The lowest BCUT2D eigenvalue weighted by Crippen LogP contribution is -2.70. The monoisotopic (exact) mass is 636 g/mol. The molecule has 0 amide bonds. The Morgan fingerprint density at radius 3 is 1.27 bits per heavy atom. The molecular weight excluding hydrogens is 600 g/mol. The van der Waals surface area contributed by atoms with Gasteiger partial charge in [-0.1, -0.05) is 0 Å². The van der Waals surface area contributed by atoms with Crippen molar-refractivity contribution < 1.29 is 86.4 Å². The zero-order chi connectivity index (χ0) is 33.5. The molecule has 0 spiro atoms. The quantitative estimate of drug-likeness (QED) is 0.194. The van der Waals surface area contributed by atoms with Crippen molar-refractivity contribution in [3.8, 4) is 0 Å². The van der Waals surface area contributed by atoms with E-state index >= 15 is 0 Å². The van der Waals surface area contributed by atoms with Gasteiger partial charge in [-0.25, -0.2) is 0 Å². The van der Waals surface area contributed by atoms with Gasteiger partial charge in [0.05, 0.1) is 0 Å². The molecular formula is C26H36O18. The zero-order valence-corrected chi connectivity index (χ0v) is 25.0. The van der Waals surface area contributed by atoms with Gasteiger partial charge in [-0.2, -0.15) is 0 Å². The summed E-state index contributed by atoms with van der Waals surface area (Å²) < 4.78 is 47.9. The summed E-state index contributed by atoms with van der Waals surface area (Å²) in [6, 6.07) is 0. The number of aliphatic hydroxyl groups is 2. The van der Waals surface area contributed by atoms with Crippen LogP contribution in [0.1, 0.15) is 48.5 Å². The van der Waals surface area contributed by atoms with Gasteiger partial charge in [-0.3, -0.25) is 33.6 Å². The van der Waals surface area contributed by atoms with Crippen molar-refractivity contribution in [1.29, 1.82) is 0 Å². The molecule has 248 valence electrons. The number of rotatable bonds is 10. The molecule has 0 bridgehead atoms. The molecule has 2 saturated heterocycles. The van der Waals surface area contributed by atoms with Crippen molar-refractivity contribution in [3.63, 3.8) is 0 Å². The van der Waals surface area contributed by atoms with E-state index in [9.17, 15) is 43.8 Å². The van der Waals surface area contributed by atoms with E-state index in [1.807, 2.05) is 0 Å². The highest BCUT2D eigenvalue weighted by atomic mass is 16.7. The van der Waals surface area contributed by atoms with Gasteiger partial charge < -0.3 is 52.8 Å². The SMILES string of the molecule is CC(=O)OC[C@H]1O[C@@H](C(O)[C@H]2O[C@H](O)[C@H](OC(C)=O)[C@@H](OC(C)=O)[C@@H]2OC(C)=O)[C@H](OC(C)=O)[C@@H](OC(C)=O)[C@@H]1OC(C)=O. The minimum atomic E-state index is -2.11. The lowest BCUT2D eigenvalue weighted by Gasteiger charge is -2.49. The molecule has 2 N–H and O–H groups in total. The molecule has 18 heteroatoms. The summed E-state index contributed by atoms with van der Waals surface area (Å²) in [4.78, 5) is 83.7. The van der Waals surface area contributed by atoms with Gasteiger partial charge in [0.2, 0.25) is 0 Å². The molecule has 2 heterocycles. The highest BCUT2D eigenvalue weighted by Gasteiger charge is 2.60. The number of carbonyl (C=O) groups is 7. The molecule has 0 aromatic heterocycles. The van der Waals surface area contributed by atoms with Gasteiger partial charge in [-0.15, -0.1) is 0 Å². The Morgan fingerprint density at radius 1 is 0.523 bits per heavy atom. The number of aliphatic hydroxyl groups excluding tert-OH is 2. The molecule has 2 aliphatic heterocycles. The maximum absolute atomic E-state index is 12.2. The summed E-state index contributed by atoms with van der Waals surface area (Å²) in [6.07, 6.45) is -19.6. The van der Waals surface area contributed by atoms with Crippen LogP contribution in [0.2, 0.25) is 0 Å². The second kappa shape index (κ2) is 15.7. The lowest BCUT2D eigenvalue weighted by molar-refractivity contribution is -0.324. The van der Waals surface area contributed by atoms with Gasteiger partial charge in [0.15, 0.2) is 42.9 Å². The third-order valence-electron chi connectivity index (χ3n) is 6.16. The maximum Gasteiger partial charge on any atom is 0.303 e. The number of carbonyl (C=O) groups excluding carboxylic acids is 7. The van der Waals surface area contributed by atoms with Crippen LogP contribution in [0.5, 0.6) is 0 Å². The number of hydrogen-bond acceptors (Lipinski definition) is 18. The van der Waals surface area contributed by atoms with E-state index in [-0.39, 0.29) is 0 Å². The van der Waals surface area contributed by atoms with E-state index in [4.69, 9.17) is 42.6 Å². The van der Waals surface area contributed by atoms with Crippen molar-refractivity contribution in [1.82, 2.24) is 0 Å². The van der Waals surface area contributed by atoms with E-state index in [0.29, 0.717) is 0 Å². The largest absolute Gasteiger partial charge is 0.463 e. The van der Waals surface area contributed by atoms with Crippen LogP contribution in [-0.2, 0) is 76.2 Å². The summed E-state index contributed by atoms with van der Waals surface area (Å²) in [7, 11) is 0. The maximum atomic E-state index is 12.2. The van der Waals surface area contributed by atoms with Crippen molar-refractivity contribution in [2.75, 3.05) is 6.61 Å². The smallest absolute Gasteiger partial charge is 0.303 e. The van der Waals surface area contributed by atoms with Gasteiger partial charge in [0.25, 0.3) is 0 Å². The van der Waals surface area contributed by atoms with Crippen LogP contribution in [0.15, 0.2) is 0 Å². The van der Waals surface area contributed by atoms with E-state index in [2.05, 4.69) is 0 Å². The fourth-order valence-corrected chi connectivity index (χ4v) is 4.82.